The molecule has 110 valence electrons. The Morgan fingerprint density at radius 1 is 1.30 bits per heavy atom. The largest absolute Gasteiger partial charge is 0.352 e. The van der Waals surface area contributed by atoms with Gasteiger partial charge in [0, 0.05) is 6.04 Å². The van der Waals surface area contributed by atoms with E-state index in [1.54, 1.807) is 0 Å². The number of nitrogens with one attached hydrogen (secondary N) is 2. The minimum absolute atomic E-state index is 0.111. The Hall–Kier alpha value is -1.35. The second kappa shape index (κ2) is 7.44. The molecule has 0 aliphatic heterocycles. The Bertz CT molecular complexity index is 438. The van der Waals surface area contributed by atoms with E-state index in [1.807, 2.05) is 6.92 Å². The number of benzene rings is 1. The van der Waals surface area contributed by atoms with E-state index < -0.39 is 0 Å². The molecular formula is C17H26N2O. The summed E-state index contributed by atoms with van der Waals surface area (Å²) in [4.78, 5) is 12.0. The Labute approximate surface area is 122 Å². The fourth-order valence-corrected chi connectivity index (χ4v) is 2.80. The van der Waals surface area contributed by atoms with Crippen LogP contribution in [0.2, 0.25) is 0 Å². The van der Waals surface area contributed by atoms with E-state index in [-0.39, 0.29) is 11.9 Å². The van der Waals surface area contributed by atoms with Crippen LogP contribution < -0.4 is 10.6 Å². The van der Waals surface area contributed by atoms with Gasteiger partial charge in [-0.2, -0.15) is 0 Å². The van der Waals surface area contributed by atoms with Crippen LogP contribution in [0.5, 0.6) is 0 Å². The fraction of sp³-hybridized carbons (Fsp3) is 0.588. The van der Waals surface area contributed by atoms with Crippen molar-refractivity contribution in [2.45, 2.75) is 58.0 Å². The van der Waals surface area contributed by atoms with Crippen molar-refractivity contribution in [3.8, 4) is 0 Å². The van der Waals surface area contributed by atoms with Gasteiger partial charge in [0.15, 0.2) is 0 Å². The van der Waals surface area contributed by atoms with Crippen LogP contribution in [0.15, 0.2) is 24.3 Å². The van der Waals surface area contributed by atoms with Gasteiger partial charge in [-0.15, -0.1) is 0 Å². The van der Waals surface area contributed by atoms with Gasteiger partial charge in [0.25, 0.3) is 0 Å². The Kier molecular flexibility index (Phi) is 5.60. The summed E-state index contributed by atoms with van der Waals surface area (Å²) in [5.74, 6) is 0.140. The molecule has 0 bridgehead atoms. The number of carbonyl (C=O) groups is 1. The number of carbonyl (C=O) groups excluding carboxylic acids is 1. The van der Waals surface area contributed by atoms with Gasteiger partial charge >= 0.3 is 0 Å². The molecule has 1 unspecified atom stereocenters. The average molecular weight is 274 g/mol. The molecule has 3 heteroatoms. The van der Waals surface area contributed by atoms with Gasteiger partial charge in [-0.05, 0) is 50.8 Å². The van der Waals surface area contributed by atoms with E-state index >= 15 is 0 Å². The van der Waals surface area contributed by atoms with Crippen LogP contribution in [0.4, 0.5) is 0 Å². The average Bonchev–Trinajstić information content (AvgIpc) is 2.93. The fourth-order valence-electron chi connectivity index (χ4n) is 2.80. The third-order valence-corrected chi connectivity index (χ3v) is 4.20. The molecule has 0 saturated heterocycles. The van der Waals surface area contributed by atoms with E-state index in [0.717, 1.165) is 25.8 Å². The van der Waals surface area contributed by atoms with Crippen LogP contribution in [-0.4, -0.2) is 24.5 Å². The Balaban J connectivity index is 1.70. The molecule has 1 saturated carbocycles. The monoisotopic (exact) mass is 274 g/mol. The standard InChI is InChI=1S/C17H26N2O/c1-13-7-3-4-8-15(13)11-12-18-14(2)17(20)19-16-9-5-6-10-16/h3-4,7-8,14,16,18H,5-6,9-12H2,1-2H3,(H,19,20). The first-order valence-corrected chi connectivity index (χ1v) is 7.75. The number of hydrogen-bond acceptors (Lipinski definition) is 2. The van der Waals surface area contributed by atoms with Gasteiger partial charge < -0.3 is 10.6 Å². The zero-order valence-electron chi connectivity index (χ0n) is 12.6. The highest BCUT2D eigenvalue weighted by Crippen LogP contribution is 2.17. The van der Waals surface area contributed by atoms with Crippen molar-refractivity contribution >= 4 is 5.91 Å². The molecule has 1 amide bonds. The maximum absolute atomic E-state index is 12.0. The van der Waals surface area contributed by atoms with Gasteiger partial charge in [-0.3, -0.25) is 4.79 Å². The normalized spacial score (nSPS) is 17.1. The minimum atomic E-state index is -0.111. The van der Waals surface area contributed by atoms with Crippen molar-refractivity contribution < 1.29 is 4.79 Å². The molecule has 1 aliphatic rings. The highest BCUT2D eigenvalue weighted by Gasteiger charge is 2.20. The van der Waals surface area contributed by atoms with E-state index in [2.05, 4.69) is 41.8 Å². The van der Waals surface area contributed by atoms with Gasteiger partial charge in [-0.1, -0.05) is 37.1 Å². The summed E-state index contributed by atoms with van der Waals surface area (Å²) >= 11 is 0. The zero-order chi connectivity index (χ0) is 14.4. The second-order valence-corrected chi connectivity index (χ2v) is 5.84. The van der Waals surface area contributed by atoms with Crippen LogP contribution >= 0.6 is 0 Å². The van der Waals surface area contributed by atoms with Gasteiger partial charge in [0.1, 0.15) is 0 Å². The topological polar surface area (TPSA) is 41.1 Å². The molecule has 1 fully saturated rings. The van der Waals surface area contributed by atoms with E-state index in [0.29, 0.717) is 6.04 Å². The molecule has 0 aromatic heterocycles. The predicted octanol–water partition coefficient (Wildman–Crippen LogP) is 2.57. The highest BCUT2D eigenvalue weighted by molar-refractivity contribution is 5.81. The first-order valence-electron chi connectivity index (χ1n) is 7.75. The van der Waals surface area contributed by atoms with Crippen LogP contribution in [0.3, 0.4) is 0 Å². The maximum atomic E-state index is 12.0. The second-order valence-electron chi connectivity index (χ2n) is 5.84. The smallest absolute Gasteiger partial charge is 0.237 e. The number of hydrogen-bond donors (Lipinski definition) is 2. The molecule has 0 spiro atoms. The SMILES string of the molecule is Cc1ccccc1CCNC(C)C(=O)NC1CCCC1. The molecule has 0 radical (unpaired) electrons. The maximum Gasteiger partial charge on any atom is 0.237 e. The summed E-state index contributed by atoms with van der Waals surface area (Å²) in [5, 5.41) is 6.46. The Morgan fingerprint density at radius 3 is 2.70 bits per heavy atom. The van der Waals surface area contributed by atoms with Gasteiger partial charge in [0.2, 0.25) is 5.91 Å². The van der Waals surface area contributed by atoms with Gasteiger partial charge in [-0.25, -0.2) is 0 Å². The lowest BCUT2D eigenvalue weighted by Crippen LogP contribution is -2.46. The summed E-state index contributed by atoms with van der Waals surface area (Å²) in [6.07, 6.45) is 5.75. The first kappa shape index (κ1) is 15.0. The predicted molar refractivity (Wildman–Crippen MR) is 82.7 cm³/mol. The van der Waals surface area contributed by atoms with Crippen LogP contribution in [-0.2, 0) is 11.2 Å². The third-order valence-electron chi connectivity index (χ3n) is 4.20. The molecular weight excluding hydrogens is 248 g/mol. The van der Waals surface area contributed by atoms with Crippen molar-refractivity contribution in [1.82, 2.24) is 10.6 Å². The summed E-state index contributed by atoms with van der Waals surface area (Å²) in [6, 6.07) is 8.71. The number of aryl methyl sites for hydroxylation is 1. The lowest BCUT2D eigenvalue weighted by Gasteiger charge is -2.18. The molecule has 1 atom stereocenters. The lowest BCUT2D eigenvalue weighted by atomic mass is 10.1. The van der Waals surface area contributed by atoms with Crippen molar-refractivity contribution in [2.24, 2.45) is 0 Å². The van der Waals surface area contributed by atoms with Crippen molar-refractivity contribution in [3.05, 3.63) is 35.4 Å². The molecule has 1 aliphatic carbocycles. The third kappa shape index (κ3) is 4.34. The van der Waals surface area contributed by atoms with E-state index in [9.17, 15) is 4.79 Å². The number of amides is 1. The first-order chi connectivity index (χ1) is 9.66. The lowest BCUT2D eigenvalue weighted by molar-refractivity contribution is -0.123. The quantitative estimate of drug-likeness (QED) is 0.837. The summed E-state index contributed by atoms with van der Waals surface area (Å²) in [5.41, 5.74) is 2.67. The van der Waals surface area contributed by atoms with Crippen LogP contribution in [0, 0.1) is 6.92 Å². The minimum Gasteiger partial charge on any atom is -0.352 e. The van der Waals surface area contributed by atoms with Crippen molar-refractivity contribution in [1.29, 1.82) is 0 Å². The van der Waals surface area contributed by atoms with E-state index in [4.69, 9.17) is 0 Å². The molecule has 1 aromatic rings. The summed E-state index contributed by atoms with van der Waals surface area (Å²) < 4.78 is 0. The van der Waals surface area contributed by atoms with Gasteiger partial charge in [0.05, 0.1) is 6.04 Å². The number of rotatable bonds is 6. The Morgan fingerprint density at radius 2 is 2.00 bits per heavy atom. The molecule has 20 heavy (non-hydrogen) atoms. The van der Waals surface area contributed by atoms with Crippen LogP contribution in [0.25, 0.3) is 0 Å². The molecule has 3 nitrogen and oxygen atoms in total. The van der Waals surface area contributed by atoms with Crippen LogP contribution in [0.1, 0.15) is 43.7 Å². The van der Waals surface area contributed by atoms with E-state index in [1.165, 1.54) is 24.0 Å². The molecule has 2 N–H and O–H groups in total. The molecule has 2 rings (SSSR count). The zero-order valence-corrected chi connectivity index (χ0v) is 12.6. The molecule has 1 aromatic carbocycles. The highest BCUT2D eigenvalue weighted by atomic mass is 16.2. The summed E-state index contributed by atoms with van der Waals surface area (Å²) in [7, 11) is 0. The molecule has 0 heterocycles. The van der Waals surface area contributed by atoms with Crippen molar-refractivity contribution in [3.63, 3.8) is 0 Å². The van der Waals surface area contributed by atoms with Crippen molar-refractivity contribution in [2.75, 3.05) is 6.54 Å². The summed E-state index contributed by atoms with van der Waals surface area (Å²) in [6.45, 7) is 4.91.